The number of para-hydroxylation sites is 2. The molecule has 2 amide bonds. The number of hydrogen-bond acceptors (Lipinski definition) is 5. The standard InChI is InChI=1S/C31H20BrN3O4/c32-18-13-15-19(16-14-18)33-17-31-22-9-3-1-7-20(22)26(21-8-2-4-10-23(21)31)27-28(31)30(37)34(29(27)36)24-11-5-6-12-25(24)35(38)39/h1-17,26-28H/t26?,27-,28+,31?/m0/s1. The Morgan fingerprint density at radius 2 is 1.41 bits per heavy atom. The van der Waals surface area contributed by atoms with Crippen LogP contribution < -0.4 is 4.90 Å². The van der Waals surface area contributed by atoms with E-state index in [2.05, 4.69) is 15.9 Å². The number of imide groups is 1. The Morgan fingerprint density at radius 3 is 2.05 bits per heavy atom. The molecule has 1 saturated heterocycles. The molecule has 190 valence electrons. The van der Waals surface area contributed by atoms with Crippen LogP contribution in [0.15, 0.2) is 107 Å². The average Bonchev–Trinajstić information content (AvgIpc) is 3.23. The summed E-state index contributed by atoms with van der Waals surface area (Å²) in [5.41, 5.74) is 3.21. The van der Waals surface area contributed by atoms with Crippen molar-refractivity contribution < 1.29 is 14.5 Å². The molecule has 0 aromatic heterocycles. The first-order chi connectivity index (χ1) is 18.9. The molecule has 0 spiro atoms. The van der Waals surface area contributed by atoms with Gasteiger partial charge in [0, 0.05) is 22.7 Å². The Balaban J connectivity index is 1.50. The Kier molecular flexibility index (Phi) is 5.18. The molecule has 1 heterocycles. The molecule has 0 unspecified atom stereocenters. The van der Waals surface area contributed by atoms with E-state index < -0.39 is 34.0 Å². The fourth-order valence-electron chi connectivity index (χ4n) is 6.80. The van der Waals surface area contributed by atoms with Crippen LogP contribution >= 0.6 is 15.9 Å². The molecule has 0 N–H and O–H groups in total. The molecule has 1 aliphatic heterocycles. The maximum Gasteiger partial charge on any atom is 0.293 e. The van der Waals surface area contributed by atoms with E-state index in [0.717, 1.165) is 31.6 Å². The van der Waals surface area contributed by atoms with Crippen LogP contribution in [0.1, 0.15) is 28.2 Å². The number of carbonyl (C=O) groups is 2. The SMILES string of the molecule is O=C1[C@H]2C3c4ccccc4C(C=Nc4ccc(Br)cc4)(c4ccccc43)[C@H]2C(=O)N1c1ccccc1[N+](=O)[O-]. The molecule has 2 bridgehead atoms. The van der Waals surface area contributed by atoms with Gasteiger partial charge >= 0.3 is 0 Å². The normalized spacial score (nSPS) is 24.5. The van der Waals surface area contributed by atoms with Gasteiger partial charge in [0.05, 0.1) is 27.9 Å². The van der Waals surface area contributed by atoms with E-state index in [1.807, 2.05) is 79.0 Å². The van der Waals surface area contributed by atoms with Crippen LogP contribution in [0, 0.1) is 22.0 Å². The highest BCUT2D eigenvalue weighted by Crippen LogP contribution is 2.64. The predicted octanol–water partition coefficient (Wildman–Crippen LogP) is 6.31. The van der Waals surface area contributed by atoms with Gasteiger partial charge in [0.25, 0.3) is 5.69 Å². The Bertz CT molecular complexity index is 1680. The van der Waals surface area contributed by atoms with Crippen LogP contribution in [0.3, 0.4) is 0 Å². The van der Waals surface area contributed by atoms with Gasteiger partial charge in [0.15, 0.2) is 0 Å². The van der Waals surface area contributed by atoms with Crippen LogP contribution in [0.5, 0.6) is 0 Å². The smallest absolute Gasteiger partial charge is 0.274 e. The molecule has 8 heteroatoms. The molecule has 3 aliphatic carbocycles. The van der Waals surface area contributed by atoms with E-state index in [4.69, 9.17) is 4.99 Å². The lowest BCUT2D eigenvalue weighted by Crippen LogP contribution is -2.54. The second-order valence-corrected chi connectivity index (χ2v) is 10.9. The fourth-order valence-corrected chi connectivity index (χ4v) is 7.06. The third kappa shape index (κ3) is 3.18. The molecular formula is C31H20BrN3O4. The summed E-state index contributed by atoms with van der Waals surface area (Å²) in [5.74, 6) is -2.75. The van der Waals surface area contributed by atoms with E-state index in [1.54, 1.807) is 6.07 Å². The van der Waals surface area contributed by atoms with E-state index >= 15 is 0 Å². The first-order valence-corrected chi connectivity index (χ1v) is 13.3. The molecule has 4 aliphatic rings. The number of halogens is 1. The maximum absolute atomic E-state index is 14.4. The topological polar surface area (TPSA) is 92.9 Å². The second-order valence-electron chi connectivity index (χ2n) is 10.0. The molecule has 0 saturated carbocycles. The summed E-state index contributed by atoms with van der Waals surface area (Å²) in [6, 6.07) is 29.3. The van der Waals surface area contributed by atoms with Gasteiger partial charge < -0.3 is 0 Å². The second kappa shape index (κ2) is 8.54. The molecule has 39 heavy (non-hydrogen) atoms. The van der Waals surface area contributed by atoms with Gasteiger partial charge in [0.1, 0.15) is 5.69 Å². The number of carbonyl (C=O) groups excluding carboxylic acids is 2. The number of nitro benzene ring substituents is 1. The summed E-state index contributed by atoms with van der Waals surface area (Å²) >= 11 is 3.46. The molecule has 1 fully saturated rings. The molecule has 4 aromatic carbocycles. The van der Waals surface area contributed by atoms with Crippen LogP contribution in [-0.4, -0.2) is 23.0 Å². The Hall–Kier alpha value is -4.43. The van der Waals surface area contributed by atoms with Crippen molar-refractivity contribution in [1.82, 2.24) is 0 Å². The van der Waals surface area contributed by atoms with Crippen molar-refractivity contribution in [3.05, 3.63) is 134 Å². The van der Waals surface area contributed by atoms with Crippen molar-refractivity contribution in [1.29, 1.82) is 0 Å². The minimum Gasteiger partial charge on any atom is -0.274 e. The lowest BCUT2D eigenvalue weighted by atomic mass is 9.47. The van der Waals surface area contributed by atoms with Gasteiger partial charge in [-0.25, -0.2) is 4.90 Å². The number of nitro groups is 1. The van der Waals surface area contributed by atoms with E-state index in [1.165, 1.54) is 18.2 Å². The highest BCUT2D eigenvalue weighted by atomic mass is 79.9. The number of anilines is 1. The van der Waals surface area contributed by atoms with E-state index in [9.17, 15) is 19.7 Å². The zero-order valence-corrected chi connectivity index (χ0v) is 22.0. The molecule has 7 nitrogen and oxygen atoms in total. The molecule has 2 atom stereocenters. The van der Waals surface area contributed by atoms with E-state index in [0.29, 0.717) is 5.69 Å². The monoisotopic (exact) mass is 577 g/mol. The zero-order valence-electron chi connectivity index (χ0n) is 20.4. The Morgan fingerprint density at radius 1 is 0.821 bits per heavy atom. The highest BCUT2D eigenvalue weighted by Gasteiger charge is 2.68. The van der Waals surface area contributed by atoms with Gasteiger partial charge in [-0.2, -0.15) is 0 Å². The van der Waals surface area contributed by atoms with Gasteiger partial charge in [-0.05, 0) is 52.6 Å². The summed E-state index contributed by atoms with van der Waals surface area (Å²) in [4.78, 5) is 45.9. The van der Waals surface area contributed by atoms with Crippen LogP contribution in [-0.2, 0) is 15.0 Å². The summed E-state index contributed by atoms with van der Waals surface area (Å²) in [6.45, 7) is 0. The predicted molar refractivity (Wildman–Crippen MR) is 150 cm³/mol. The number of rotatable bonds is 4. The van der Waals surface area contributed by atoms with Crippen molar-refractivity contribution >= 4 is 51.0 Å². The highest BCUT2D eigenvalue weighted by molar-refractivity contribution is 9.10. The van der Waals surface area contributed by atoms with Crippen molar-refractivity contribution in [3.8, 4) is 0 Å². The first-order valence-electron chi connectivity index (χ1n) is 12.5. The van der Waals surface area contributed by atoms with Crippen molar-refractivity contribution in [2.45, 2.75) is 11.3 Å². The van der Waals surface area contributed by atoms with Crippen LogP contribution in [0.4, 0.5) is 17.1 Å². The largest absolute Gasteiger partial charge is 0.293 e. The third-order valence-electron chi connectivity index (χ3n) is 8.25. The van der Waals surface area contributed by atoms with Crippen LogP contribution in [0.25, 0.3) is 0 Å². The third-order valence-corrected chi connectivity index (χ3v) is 8.78. The number of nitrogens with zero attached hydrogens (tertiary/aromatic N) is 3. The molecule has 8 rings (SSSR count). The zero-order chi connectivity index (χ0) is 26.9. The quantitative estimate of drug-likeness (QED) is 0.123. The van der Waals surface area contributed by atoms with Crippen molar-refractivity contribution in [3.63, 3.8) is 0 Å². The number of aliphatic imine (C=N–C) groups is 1. The van der Waals surface area contributed by atoms with E-state index in [-0.39, 0.29) is 17.3 Å². The summed E-state index contributed by atoms with van der Waals surface area (Å²) in [5, 5.41) is 11.9. The van der Waals surface area contributed by atoms with Gasteiger partial charge in [-0.15, -0.1) is 0 Å². The lowest BCUT2D eigenvalue weighted by Gasteiger charge is -2.52. The molecule has 0 radical (unpaired) electrons. The first kappa shape index (κ1) is 23.7. The summed E-state index contributed by atoms with van der Waals surface area (Å²) in [7, 11) is 0. The summed E-state index contributed by atoms with van der Waals surface area (Å²) < 4.78 is 0.921. The Labute approximate surface area is 232 Å². The average molecular weight is 578 g/mol. The number of benzene rings is 4. The molecular weight excluding hydrogens is 558 g/mol. The summed E-state index contributed by atoms with van der Waals surface area (Å²) in [6.07, 6.45) is 1.81. The van der Waals surface area contributed by atoms with Gasteiger partial charge in [0.2, 0.25) is 11.8 Å². The number of amides is 2. The fraction of sp³-hybridized carbons (Fsp3) is 0.129. The van der Waals surface area contributed by atoms with Gasteiger partial charge in [-0.1, -0.05) is 76.6 Å². The maximum atomic E-state index is 14.4. The lowest BCUT2D eigenvalue weighted by molar-refractivity contribution is -0.384. The number of hydrogen-bond donors (Lipinski definition) is 0. The molecule has 4 aromatic rings. The minimum absolute atomic E-state index is 0.000546. The minimum atomic E-state index is -1.04. The van der Waals surface area contributed by atoms with Crippen molar-refractivity contribution in [2.24, 2.45) is 16.8 Å². The van der Waals surface area contributed by atoms with Crippen molar-refractivity contribution in [2.75, 3.05) is 4.90 Å². The van der Waals surface area contributed by atoms with Crippen LogP contribution in [0.2, 0.25) is 0 Å². The van der Waals surface area contributed by atoms with Gasteiger partial charge in [-0.3, -0.25) is 24.7 Å².